The van der Waals surface area contributed by atoms with E-state index in [-0.39, 0.29) is 26.8 Å². The number of phosphoric acid groups is 1. The molecule has 0 fully saturated rings. The van der Waals surface area contributed by atoms with Gasteiger partial charge in [0.05, 0.1) is 26.4 Å². The molecule has 0 radical (unpaired) electrons. The average Bonchev–Trinajstić information content (AvgIpc) is 2.28. The average molecular weight is 274 g/mol. The Balaban J connectivity index is 3.42. The van der Waals surface area contributed by atoms with Crippen molar-refractivity contribution in [1.82, 2.24) is 0 Å². The Labute approximate surface area is 100 Å². The van der Waals surface area contributed by atoms with Crippen LogP contribution in [-0.4, -0.2) is 59.1 Å². The Kier molecular flexibility index (Phi) is 11.0. The van der Waals surface area contributed by atoms with E-state index < -0.39 is 7.82 Å². The van der Waals surface area contributed by atoms with Crippen LogP contribution in [0.1, 0.15) is 0 Å². The number of phosphoric ester groups is 1. The molecule has 9 heteroatoms. The van der Waals surface area contributed by atoms with E-state index in [1.165, 1.54) is 14.2 Å². The Bertz CT molecular complexity index is 194. The Morgan fingerprint density at radius 1 is 0.882 bits per heavy atom. The molecule has 0 aromatic carbocycles. The largest absolute Gasteiger partial charge is 0.476 e. The third-order valence-corrected chi connectivity index (χ3v) is 2.33. The Morgan fingerprint density at radius 2 is 1.29 bits per heavy atom. The molecule has 17 heavy (non-hydrogen) atoms. The van der Waals surface area contributed by atoms with Gasteiger partial charge in [-0.3, -0.25) is 9.05 Å². The lowest BCUT2D eigenvalue weighted by molar-refractivity contribution is -0.0536. The van der Waals surface area contributed by atoms with Crippen LogP contribution in [0.4, 0.5) is 0 Å². The number of hydrogen-bond acceptors (Lipinski definition) is 7. The summed E-state index contributed by atoms with van der Waals surface area (Å²) in [5, 5.41) is 0. The standard InChI is InChI=1S/C8H19O8P/c1-11-3-5-13-7-15-17(9,10)16-8-14-6-4-12-2/h3-8H2,1-2H3,(H,9,10). The topological polar surface area (TPSA) is 92.7 Å². The smallest absolute Gasteiger partial charge is 0.382 e. The molecule has 1 N–H and O–H groups in total. The summed E-state index contributed by atoms with van der Waals surface area (Å²) in [4.78, 5) is 9.12. The summed E-state index contributed by atoms with van der Waals surface area (Å²) in [7, 11) is -1.09. The van der Waals surface area contributed by atoms with Gasteiger partial charge in [-0.25, -0.2) is 4.57 Å². The maximum atomic E-state index is 11.2. The highest BCUT2D eigenvalue weighted by Gasteiger charge is 2.20. The van der Waals surface area contributed by atoms with Crippen LogP contribution < -0.4 is 0 Å². The SMILES string of the molecule is COCCOCOP(=O)(O)OCOCCOC. The molecule has 8 nitrogen and oxygen atoms in total. The molecule has 0 saturated heterocycles. The van der Waals surface area contributed by atoms with E-state index in [9.17, 15) is 4.57 Å². The second-order valence-corrected chi connectivity index (χ2v) is 4.22. The first-order chi connectivity index (χ1) is 8.12. The van der Waals surface area contributed by atoms with E-state index >= 15 is 0 Å². The van der Waals surface area contributed by atoms with Crippen molar-refractivity contribution in [2.45, 2.75) is 0 Å². The molecule has 0 rings (SSSR count). The minimum absolute atomic E-state index is 0.265. The third kappa shape index (κ3) is 12.2. The molecule has 0 amide bonds. The van der Waals surface area contributed by atoms with Crippen LogP contribution in [0.3, 0.4) is 0 Å². The molecule has 0 heterocycles. The van der Waals surface area contributed by atoms with Gasteiger partial charge in [0.2, 0.25) is 0 Å². The summed E-state index contributed by atoms with van der Waals surface area (Å²) in [6.45, 7) is 0.576. The van der Waals surface area contributed by atoms with Crippen molar-refractivity contribution in [3.8, 4) is 0 Å². The van der Waals surface area contributed by atoms with Crippen LogP contribution in [0, 0.1) is 0 Å². The quantitative estimate of drug-likeness (QED) is 0.310. The molecule has 0 aliphatic carbocycles. The summed E-state index contributed by atoms with van der Waals surface area (Å²) in [5.41, 5.74) is 0. The van der Waals surface area contributed by atoms with Crippen LogP contribution in [0.5, 0.6) is 0 Å². The molecule has 0 spiro atoms. The van der Waals surface area contributed by atoms with Crippen molar-refractivity contribution in [2.24, 2.45) is 0 Å². The van der Waals surface area contributed by atoms with Crippen LogP contribution in [0.2, 0.25) is 0 Å². The van der Waals surface area contributed by atoms with E-state index in [0.29, 0.717) is 13.2 Å². The Hall–Kier alpha value is -0.0500. The summed E-state index contributed by atoms with van der Waals surface area (Å²) in [6, 6.07) is 0. The molecular formula is C8H19O8P. The molecule has 0 saturated carbocycles. The van der Waals surface area contributed by atoms with E-state index in [1.807, 2.05) is 0 Å². The fraction of sp³-hybridized carbons (Fsp3) is 1.00. The summed E-state index contributed by atoms with van der Waals surface area (Å²) in [6.07, 6.45) is 0. The zero-order valence-electron chi connectivity index (χ0n) is 9.99. The fourth-order valence-corrected chi connectivity index (χ4v) is 1.14. The lowest BCUT2D eigenvalue weighted by Crippen LogP contribution is -2.08. The highest BCUT2D eigenvalue weighted by atomic mass is 31.2. The van der Waals surface area contributed by atoms with E-state index in [4.69, 9.17) is 23.8 Å². The highest BCUT2D eigenvalue weighted by molar-refractivity contribution is 7.47. The molecule has 0 atom stereocenters. The molecular weight excluding hydrogens is 255 g/mol. The molecule has 104 valence electrons. The van der Waals surface area contributed by atoms with Crippen LogP contribution in [0.25, 0.3) is 0 Å². The van der Waals surface area contributed by atoms with E-state index in [2.05, 4.69) is 9.05 Å². The molecule has 0 bridgehead atoms. The lowest BCUT2D eigenvalue weighted by atomic mass is 10.8. The van der Waals surface area contributed by atoms with Gasteiger partial charge in [0.15, 0.2) is 13.6 Å². The maximum absolute atomic E-state index is 11.2. The van der Waals surface area contributed by atoms with Gasteiger partial charge in [0.1, 0.15) is 0 Å². The summed E-state index contributed by atoms with van der Waals surface area (Å²) in [5.74, 6) is 0. The van der Waals surface area contributed by atoms with Crippen molar-refractivity contribution < 1.29 is 37.5 Å². The minimum atomic E-state index is -4.12. The van der Waals surface area contributed by atoms with Gasteiger partial charge < -0.3 is 23.8 Å². The van der Waals surface area contributed by atoms with E-state index in [1.54, 1.807) is 0 Å². The number of ether oxygens (including phenoxy) is 4. The third-order valence-electron chi connectivity index (χ3n) is 1.46. The van der Waals surface area contributed by atoms with Crippen molar-refractivity contribution in [3.63, 3.8) is 0 Å². The predicted molar refractivity (Wildman–Crippen MR) is 57.4 cm³/mol. The zero-order valence-corrected chi connectivity index (χ0v) is 10.9. The zero-order chi connectivity index (χ0) is 13.0. The van der Waals surface area contributed by atoms with Gasteiger partial charge in [-0.05, 0) is 0 Å². The minimum Gasteiger partial charge on any atom is -0.382 e. The first kappa shape index (κ1) is 16.9. The lowest BCUT2D eigenvalue weighted by Gasteiger charge is -2.12. The van der Waals surface area contributed by atoms with Crippen LogP contribution >= 0.6 is 7.82 Å². The number of methoxy groups -OCH3 is 2. The number of hydrogen-bond donors (Lipinski definition) is 1. The maximum Gasteiger partial charge on any atom is 0.476 e. The number of rotatable bonds is 12. The summed E-state index contributed by atoms with van der Waals surface area (Å²) >= 11 is 0. The van der Waals surface area contributed by atoms with Gasteiger partial charge in [-0.2, -0.15) is 0 Å². The van der Waals surface area contributed by atoms with Crippen molar-refractivity contribution in [2.75, 3.05) is 54.2 Å². The molecule has 0 aromatic rings. The first-order valence-corrected chi connectivity index (χ1v) is 6.37. The second kappa shape index (κ2) is 11.1. The van der Waals surface area contributed by atoms with Gasteiger partial charge in [-0.1, -0.05) is 0 Å². The van der Waals surface area contributed by atoms with Crippen molar-refractivity contribution in [1.29, 1.82) is 0 Å². The normalized spacial score (nSPS) is 11.9. The highest BCUT2D eigenvalue weighted by Crippen LogP contribution is 2.42. The summed E-state index contributed by atoms with van der Waals surface area (Å²) < 4.78 is 39.2. The van der Waals surface area contributed by atoms with Gasteiger partial charge in [-0.15, -0.1) is 0 Å². The van der Waals surface area contributed by atoms with Gasteiger partial charge in [0, 0.05) is 14.2 Å². The van der Waals surface area contributed by atoms with Gasteiger partial charge in [0.25, 0.3) is 0 Å². The monoisotopic (exact) mass is 274 g/mol. The molecule has 0 aromatic heterocycles. The fourth-order valence-electron chi connectivity index (χ4n) is 0.647. The molecule has 0 aliphatic rings. The van der Waals surface area contributed by atoms with Crippen LogP contribution in [-0.2, 0) is 32.6 Å². The van der Waals surface area contributed by atoms with Crippen LogP contribution in [0.15, 0.2) is 0 Å². The van der Waals surface area contributed by atoms with E-state index in [0.717, 1.165) is 0 Å². The van der Waals surface area contributed by atoms with Crippen molar-refractivity contribution in [3.05, 3.63) is 0 Å². The first-order valence-electron chi connectivity index (χ1n) is 4.87. The Morgan fingerprint density at radius 3 is 1.65 bits per heavy atom. The second-order valence-electron chi connectivity index (χ2n) is 2.76. The molecule has 0 unspecified atom stereocenters. The predicted octanol–water partition coefficient (Wildman–Crippen LogP) is 0.361. The van der Waals surface area contributed by atoms with Crippen molar-refractivity contribution >= 4 is 7.82 Å². The van der Waals surface area contributed by atoms with Gasteiger partial charge >= 0.3 is 7.82 Å². The molecule has 0 aliphatic heterocycles.